The molecule has 0 radical (unpaired) electrons. The number of anilines is 1. The van der Waals surface area contributed by atoms with Crippen molar-refractivity contribution in [2.75, 3.05) is 12.0 Å². The molecule has 6 heteroatoms. The highest BCUT2D eigenvalue weighted by Crippen LogP contribution is 2.35. The molecule has 100 valence electrons. The summed E-state index contributed by atoms with van der Waals surface area (Å²) in [7, 11) is 0. The van der Waals surface area contributed by atoms with E-state index in [1.807, 2.05) is 4.90 Å². The van der Waals surface area contributed by atoms with Gasteiger partial charge in [0.15, 0.2) is 5.13 Å². The molecule has 2 rings (SSSR count). The van der Waals surface area contributed by atoms with Crippen molar-refractivity contribution in [3.05, 3.63) is 11.1 Å². The van der Waals surface area contributed by atoms with Gasteiger partial charge in [0.2, 0.25) is 5.91 Å². The third-order valence-electron chi connectivity index (χ3n) is 3.46. The number of amides is 1. The summed E-state index contributed by atoms with van der Waals surface area (Å²) in [6, 6.07) is 0. The quantitative estimate of drug-likeness (QED) is 0.648. The predicted octanol–water partition coefficient (Wildman–Crippen LogP) is 1.82. The third kappa shape index (κ3) is 2.81. The Balaban J connectivity index is 2.00. The molecular formula is C12H20N4OS. The number of hydrogen-bond donors (Lipinski definition) is 2. The summed E-state index contributed by atoms with van der Waals surface area (Å²) >= 11 is 1.49. The van der Waals surface area contributed by atoms with E-state index in [9.17, 15) is 4.79 Å². The van der Waals surface area contributed by atoms with Crippen molar-refractivity contribution in [2.24, 2.45) is 17.2 Å². The standard InChI is InChI=1S/C12H20N4OS/c1-12(2,3)8-4-10(17)16(6-8)7-9-5-14-11(15-13)18-9/h5,8H,4,6-7,13H2,1-3H3,(H,14,15). The summed E-state index contributed by atoms with van der Waals surface area (Å²) in [6.07, 6.45) is 2.43. The zero-order valence-electron chi connectivity index (χ0n) is 11.1. The molecule has 0 aromatic carbocycles. The van der Waals surface area contributed by atoms with Gasteiger partial charge in [-0.1, -0.05) is 32.1 Å². The molecule has 0 aliphatic carbocycles. The molecule has 1 aliphatic rings. The van der Waals surface area contributed by atoms with Crippen molar-refractivity contribution in [3.63, 3.8) is 0 Å². The van der Waals surface area contributed by atoms with Crippen molar-refractivity contribution in [2.45, 2.75) is 33.7 Å². The highest BCUT2D eigenvalue weighted by molar-refractivity contribution is 7.15. The maximum absolute atomic E-state index is 12.0. The van der Waals surface area contributed by atoms with Crippen LogP contribution in [0.25, 0.3) is 0 Å². The molecule has 1 aliphatic heterocycles. The number of carbonyl (C=O) groups excluding carboxylic acids is 1. The lowest BCUT2D eigenvalue weighted by molar-refractivity contribution is -0.128. The van der Waals surface area contributed by atoms with E-state index in [1.165, 1.54) is 11.3 Å². The minimum absolute atomic E-state index is 0.183. The van der Waals surface area contributed by atoms with Crippen LogP contribution in [0.15, 0.2) is 6.20 Å². The Morgan fingerprint density at radius 2 is 2.33 bits per heavy atom. The summed E-state index contributed by atoms with van der Waals surface area (Å²) in [6.45, 7) is 8.06. The van der Waals surface area contributed by atoms with Gasteiger partial charge in [0.05, 0.1) is 6.54 Å². The number of nitrogens with two attached hydrogens (primary N) is 1. The van der Waals surface area contributed by atoms with Crippen LogP contribution in [0.1, 0.15) is 32.1 Å². The van der Waals surface area contributed by atoms with Crippen LogP contribution >= 0.6 is 11.3 Å². The molecule has 1 amide bonds. The minimum Gasteiger partial charge on any atom is -0.337 e. The molecule has 1 fully saturated rings. The summed E-state index contributed by atoms with van der Waals surface area (Å²) in [5.74, 6) is 5.97. The molecule has 1 aromatic rings. The molecule has 1 unspecified atom stereocenters. The predicted molar refractivity (Wildman–Crippen MR) is 72.9 cm³/mol. The molecule has 18 heavy (non-hydrogen) atoms. The molecule has 2 heterocycles. The van der Waals surface area contributed by atoms with Gasteiger partial charge in [0.25, 0.3) is 0 Å². The number of aromatic nitrogens is 1. The molecule has 1 aromatic heterocycles. The summed E-state index contributed by atoms with van der Waals surface area (Å²) in [4.78, 5) is 19.1. The van der Waals surface area contributed by atoms with Gasteiger partial charge in [-0.05, 0) is 11.3 Å². The fourth-order valence-corrected chi connectivity index (χ4v) is 2.88. The summed E-state index contributed by atoms with van der Waals surface area (Å²) in [5.41, 5.74) is 2.70. The largest absolute Gasteiger partial charge is 0.337 e. The fraction of sp³-hybridized carbons (Fsp3) is 0.667. The van der Waals surface area contributed by atoms with Crippen LogP contribution in [-0.2, 0) is 11.3 Å². The number of nitrogen functional groups attached to an aromatic ring is 1. The molecule has 5 nitrogen and oxygen atoms in total. The molecule has 0 saturated carbocycles. The van der Waals surface area contributed by atoms with Crippen molar-refractivity contribution in [1.29, 1.82) is 0 Å². The van der Waals surface area contributed by atoms with Gasteiger partial charge in [-0.3, -0.25) is 10.2 Å². The summed E-state index contributed by atoms with van der Waals surface area (Å²) < 4.78 is 0. The monoisotopic (exact) mass is 268 g/mol. The second kappa shape index (κ2) is 4.85. The Bertz CT molecular complexity index is 438. The second-order valence-corrected chi connectivity index (χ2v) is 6.93. The minimum atomic E-state index is 0.183. The van der Waals surface area contributed by atoms with Crippen LogP contribution < -0.4 is 11.3 Å². The molecule has 1 saturated heterocycles. The van der Waals surface area contributed by atoms with E-state index in [0.717, 1.165) is 11.4 Å². The number of nitrogens with zero attached hydrogens (tertiary/aromatic N) is 2. The maximum Gasteiger partial charge on any atom is 0.223 e. The zero-order chi connectivity index (χ0) is 13.3. The van der Waals surface area contributed by atoms with Crippen molar-refractivity contribution >= 4 is 22.4 Å². The van der Waals surface area contributed by atoms with Crippen LogP contribution in [0.5, 0.6) is 0 Å². The first kappa shape index (κ1) is 13.3. The highest BCUT2D eigenvalue weighted by atomic mass is 32.1. The van der Waals surface area contributed by atoms with E-state index in [-0.39, 0.29) is 11.3 Å². The number of carbonyl (C=O) groups is 1. The Morgan fingerprint density at radius 3 is 2.83 bits per heavy atom. The first-order valence-corrected chi connectivity index (χ1v) is 6.91. The average Bonchev–Trinajstić information content (AvgIpc) is 2.86. The lowest BCUT2D eigenvalue weighted by atomic mass is 9.80. The van der Waals surface area contributed by atoms with Crippen molar-refractivity contribution in [3.8, 4) is 0 Å². The first-order chi connectivity index (χ1) is 8.40. The van der Waals surface area contributed by atoms with Crippen LogP contribution in [-0.4, -0.2) is 22.3 Å². The average molecular weight is 268 g/mol. The second-order valence-electron chi connectivity index (χ2n) is 5.82. The summed E-state index contributed by atoms with van der Waals surface area (Å²) in [5, 5.41) is 0.684. The number of rotatable bonds is 3. The van der Waals surface area contributed by atoms with Crippen molar-refractivity contribution in [1.82, 2.24) is 9.88 Å². The van der Waals surface area contributed by atoms with E-state index in [2.05, 4.69) is 31.2 Å². The van der Waals surface area contributed by atoms with E-state index in [4.69, 9.17) is 5.84 Å². The van der Waals surface area contributed by atoms with Gasteiger partial charge >= 0.3 is 0 Å². The van der Waals surface area contributed by atoms with Crippen molar-refractivity contribution < 1.29 is 4.79 Å². The fourth-order valence-electron chi connectivity index (χ4n) is 2.14. The molecule has 0 spiro atoms. The lowest BCUT2D eigenvalue weighted by Gasteiger charge is -2.26. The molecule has 3 N–H and O–H groups in total. The van der Waals surface area contributed by atoms with E-state index in [1.54, 1.807) is 6.20 Å². The Hall–Kier alpha value is -1.14. The molecular weight excluding hydrogens is 248 g/mol. The topological polar surface area (TPSA) is 71.2 Å². The van der Waals surface area contributed by atoms with Gasteiger partial charge in [0, 0.05) is 24.0 Å². The number of likely N-dealkylation sites (tertiary alicyclic amines) is 1. The zero-order valence-corrected chi connectivity index (χ0v) is 11.9. The Kier molecular flexibility index (Phi) is 3.59. The number of thiazole rings is 1. The van der Waals surface area contributed by atoms with Crippen LogP contribution in [0.2, 0.25) is 0 Å². The molecule has 1 atom stereocenters. The van der Waals surface area contributed by atoms with Gasteiger partial charge in [0.1, 0.15) is 0 Å². The van der Waals surface area contributed by atoms with Gasteiger partial charge in [-0.2, -0.15) is 0 Å². The smallest absolute Gasteiger partial charge is 0.223 e. The third-order valence-corrected chi connectivity index (χ3v) is 4.38. The number of hydrogen-bond acceptors (Lipinski definition) is 5. The van der Waals surface area contributed by atoms with Gasteiger partial charge < -0.3 is 4.90 Å². The first-order valence-electron chi connectivity index (χ1n) is 6.09. The Morgan fingerprint density at radius 1 is 1.61 bits per heavy atom. The number of nitrogens with one attached hydrogen (secondary N) is 1. The van der Waals surface area contributed by atoms with Crippen LogP contribution in [0.4, 0.5) is 5.13 Å². The van der Waals surface area contributed by atoms with E-state index in [0.29, 0.717) is 24.0 Å². The van der Waals surface area contributed by atoms with Gasteiger partial charge in [-0.15, -0.1) is 0 Å². The highest BCUT2D eigenvalue weighted by Gasteiger charge is 2.36. The van der Waals surface area contributed by atoms with Crippen LogP contribution in [0.3, 0.4) is 0 Å². The normalized spacial score (nSPS) is 20.6. The number of hydrazine groups is 1. The lowest BCUT2D eigenvalue weighted by Crippen LogP contribution is -2.27. The van der Waals surface area contributed by atoms with E-state index >= 15 is 0 Å². The Labute approximate surface area is 111 Å². The molecule has 0 bridgehead atoms. The van der Waals surface area contributed by atoms with Gasteiger partial charge in [-0.25, -0.2) is 10.8 Å². The maximum atomic E-state index is 12.0. The van der Waals surface area contributed by atoms with Crippen LogP contribution in [0, 0.1) is 11.3 Å². The van der Waals surface area contributed by atoms with E-state index < -0.39 is 0 Å². The SMILES string of the molecule is CC(C)(C)C1CC(=O)N(Cc2cnc(NN)s2)C1.